The zero-order valence-electron chi connectivity index (χ0n) is 8.50. The van der Waals surface area contributed by atoms with E-state index < -0.39 is 15.8 Å². The summed E-state index contributed by atoms with van der Waals surface area (Å²) < 4.78 is 23.4. The van der Waals surface area contributed by atoms with Crippen molar-refractivity contribution < 1.29 is 18.3 Å². The molecule has 0 saturated carbocycles. The zero-order valence-corrected chi connectivity index (χ0v) is 10.1. The smallest absolute Gasteiger partial charge is 0.345 e. The quantitative estimate of drug-likeness (QED) is 0.824. The number of carboxylic acids is 1. The van der Waals surface area contributed by atoms with Gasteiger partial charge in [0.2, 0.25) is 0 Å². The Morgan fingerprint density at radius 2 is 2.25 bits per heavy atom. The van der Waals surface area contributed by atoms with Gasteiger partial charge in [-0.1, -0.05) is 6.08 Å². The molecule has 2 N–H and O–H groups in total. The molecule has 0 fully saturated rings. The van der Waals surface area contributed by atoms with Crippen LogP contribution in [-0.2, 0) is 9.84 Å². The van der Waals surface area contributed by atoms with Crippen LogP contribution in [0.2, 0.25) is 0 Å². The second kappa shape index (κ2) is 5.13. The molecular formula is C9H11NO4S2. The molecule has 0 aliphatic heterocycles. The van der Waals surface area contributed by atoms with Gasteiger partial charge in [-0.3, -0.25) is 0 Å². The van der Waals surface area contributed by atoms with Crippen molar-refractivity contribution in [1.82, 2.24) is 5.32 Å². The zero-order chi connectivity index (χ0) is 12.2. The van der Waals surface area contributed by atoms with Crippen molar-refractivity contribution in [2.75, 3.05) is 12.8 Å². The summed E-state index contributed by atoms with van der Waals surface area (Å²) in [4.78, 5) is 10.6. The molecular weight excluding hydrogens is 250 g/mol. The van der Waals surface area contributed by atoms with E-state index in [9.17, 15) is 13.2 Å². The lowest BCUT2D eigenvalue weighted by molar-refractivity contribution is 0.0702. The van der Waals surface area contributed by atoms with Gasteiger partial charge in [0, 0.05) is 7.05 Å². The molecule has 0 aliphatic rings. The van der Waals surface area contributed by atoms with Gasteiger partial charge in [-0.2, -0.15) is 0 Å². The van der Waals surface area contributed by atoms with Gasteiger partial charge < -0.3 is 10.4 Å². The first-order chi connectivity index (χ1) is 7.47. The van der Waals surface area contributed by atoms with Crippen LogP contribution in [0.1, 0.15) is 9.67 Å². The normalized spacial score (nSPS) is 11.8. The van der Waals surface area contributed by atoms with Gasteiger partial charge in [0.25, 0.3) is 0 Å². The van der Waals surface area contributed by atoms with E-state index in [0.717, 1.165) is 11.3 Å². The minimum Gasteiger partial charge on any atom is -0.477 e. The minimum absolute atomic E-state index is 0.0242. The van der Waals surface area contributed by atoms with E-state index in [1.165, 1.54) is 24.4 Å². The van der Waals surface area contributed by atoms with Crippen LogP contribution in [0.3, 0.4) is 0 Å². The summed E-state index contributed by atoms with van der Waals surface area (Å²) in [6, 6.07) is 2.61. The van der Waals surface area contributed by atoms with Crippen molar-refractivity contribution in [2.45, 2.75) is 4.21 Å². The van der Waals surface area contributed by atoms with E-state index in [2.05, 4.69) is 5.32 Å². The van der Waals surface area contributed by atoms with Crippen LogP contribution in [0, 0.1) is 0 Å². The molecule has 0 spiro atoms. The summed E-state index contributed by atoms with van der Waals surface area (Å²) >= 11 is 0.764. The Balaban J connectivity index is 2.90. The summed E-state index contributed by atoms with van der Waals surface area (Å²) in [5.74, 6) is -1.26. The highest BCUT2D eigenvalue weighted by molar-refractivity contribution is 7.93. The van der Waals surface area contributed by atoms with E-state index in [-0.39, 0.29) is 14.8 Å². The highest BCUT2D eigenvalue weighted by Gasteiger charge is 2.17. The molecule has 5 nitrogen and oxygen atoms in total. The number of hydrogen-bond acceptors (Lipinski definition) is 5. The van der Waals surface area contributed by atoms with Gasteiger partial charge in [0.1, 0.15) is 9.09 Å². The molecule has 0 saturated heterocycles. The number of carboxylic acid groups (broad SMARTS) is 1. The molecule has 0 radical (unpaired) electrons. The van der Waals surface area contributed by atoms with E-state index in [0.29, 0.717) is 0 Å². The lowest BCUT2D eigenvalue weighted by atomic mass is 10.5. The fraction of sp³-hybridized carbons (Fsp3) is 0.222. The van der Waals surface area contributed by atoms with Gasteiger partial charge in [0.15, 0.2) is 9.84 Å². The Labute approximate surface area is 97.3 Å². The van der Waals surface area contributed by atoms with Crippen LogP contribution >= 0.6 is 11.3 Å². The Kier molecular flexibility index (Phi) is 4.08. The SMILES string of the molecule is CNC=CCS(=O)(=O)c1ccc(C(=O)O)s1. The summed E-state index contributed by atoms with van der Waals surface area (Å²) in [6.07, 6.45) is 2.98. The van der Waals surface area contributed by atoms with Gasteiger partial charge in [0.05, 0.1) is 5.75 Å². The van der Waals surface area contributed by atoms with Crippen molar-refractivity contribution in [2.24, 2.45) is 0 Å². The second-order valence-corrected chi connectivity index (χ2v) is 6.24. The van der Waals surface area contributed by atoms with Crippen molar-refractivity contribution in [3.05, 3.63) is 29.3 Å². The Bertz CT molecular complexity index is 501. The van der Waals surface area contributed by atoms with Crippen LogP contribution in [-0.4, -0.2) is 32.3 Å². The van der Waals surface area contributed by atoms with Gasteiger partial charge in [-0.25, -0.2) is 13.2 Å². The highest BCUT2D eigenvalue weighted by atomic mass is 32.2. The molecule has 0 aliphatic carbocycles. The minimum atomic E-state index is -3.42. The average molecular weight is 261 g/mol. The summed E-state index contributed by atoms with van der Waals surface area (Å²) in [5.41, 5.74) is 0. The third-order valence-corrected chi connectivity index (χ3v) is 4.96. The number of nitrogens with one attached hydrogen (secondary N) is 1. The van der Waals surface area contributed by atoms with E-state index in [4.69, 9.17) is 5.11 Å². The Morgan fingerprint density at radius 1 is 1.56 bits per heavy atom. The van der Waals surface area contributed by atoms with Crippen molar-refractivity contribution in [3.63, 3.8) is 0 Å². The van der Waals surface area contributed by atoms with E-state index in [1.807, 2.05) is 0 Å². The summed E-state index contributed by atoms with van der Waals surface area (Å²) in [7, 11) is -1.75. The lowest BCUT2D eigenvalue weighted by Gasteiger charge is -1.96. The molecule has 88 valence electrons. The van der Waals surface area contributed by atoms with Gasteiger partial charge in [-0.05, 0) is 18.3 Å². The highest BCUT2D eigenvalue weighted by Crippen LogP contribution is 2.22. The molecule has 0 amide bonds. The van der Waals surface area contributed by atoms with Crippen LogP contribution in [0.4, 0.5) is 0 Å². The van der Waals surface area contributed by atoms with Crippen LogP contribution in [0.25, 0.3) is 0 Å². The fourth-order valence-corrected chi connectivity index (χ4v) is 3.32. The lowest BCUT2D eigenvalue weighted by Crippen LogP contribution is -2.03. The molecule has 1 heterocycles. The van der Waals surface area contributed by atoms with Crippen molar-refractivity contribution in [3.8, 4) is 0 Å². The molecule has 1 aromatic heterocycles. The Hall–Kier alpha value is -1.34. The average Bonchev–Trinajstić information content (AvgIpc) is 2.67. The predicted octanol–water partition coefficient (Wildman–Crippen LogP) is 0.953. The molecule has 16 heavy (non-hydrogen) atoms. The number of carbonyl (C=O) groups is 1. The second-order valence-electron chi connectivity index (χ2n) is 2.90. The predicted molar refractivity (Wildman–Crippen MR) is 61.5 cm³/mol. The van der Waals surface area contributed by atoms with Crippen LogP contribution in [0.15, 0.2) is 28.6 Å². The largest absolute Gasteiger partial charge is 0.477 e. The first-order valence-electron chi connectivity index (χ1n) is 4.35. The number of aromatic carboxylic acids is 1. The van der Waals surface area contributed by atoms with Crippen LogP contribution in [0.5, 0.6) is 0 Å². The van der Waals surface area contributed by atoms with Crippen molar-refractivity contribution >= 4 is 27.1 Å². The van der Waals surface area contributed by atoms with Crippen molar-refractivity contribution in [1.29, 1.82) is 0 Å². The molecule has 1 rings (SSSR count). The van der Waals surface area contributed by atoms with E-state index >= 15 is 0 Å². The molecule has 1 aromatic rings. The maximum Gasteiger partial charge on any atom is 0.345 e. The van der Waals surface area contributed by atoms with Crippen LogP contribution < -0.4 is 5.32 Å². The van der Waals surface area contributed by atoms with Gasteiger partial charge in [-0.15, -0.1) is 11.3 Å². The number of thiophene rings is 1. The molecule has 0 aromatic carbocycles. The first kappa shape index (κ1) is 12.7. The molecule has 0 unspecified atom stereocenters. The number of sulfone groups is 1. The maximum atomic E-state index is 11.7. The summed E-state index contributed by atoms with van der Waals surface area (Å²) in [5, 5.41) is 11.3. The molecule has 7 heteroatoms. The third kappa shape index (κ3) is 3.07. The Morgan fingerprint density at radius 3 is 2.75 bits per heavy atom. The van der Waals surface area contributed by atoms with Gasteiger partial charge >= 0.3 is 5.97 Å². The third-order valence-electron chi connectivity index (χ3n) is 1.70. The topological polar surface area (TPSA) is 83.5 Å². The summed E-state index contributed by atoms with van der Waals surface area (Å²) in [6.45, 7) is 0. The number of rotatable bonds is 5. The van der Waals surface area contributed by atoms with E-state index in [1.54, 1.807) is 7.05 Å². The number of hydrogen-bond donors (Lipinski definition) is 2. The standard InChI is InChI=1S/C9H11NO4S2/c1-10-5-2-6-16(13,14)8-4-3-7(15-8)9(11)12/h2-5,10H,6H2,1H3,(H,11,12). The fourth-order valence-electron chi connectivity index (χ4n) is 0.977. The molecule has 0 bridgehead atoms. The first-order valence-corrected chi connectivity index (χ1v) is 6.82. The monoisotopic (exact) mass is 261 g/mol. The maximum absolute atomic E-state index is 11.7. The molecule has 0 atom stereocenters.